The van der Waals surface area contributed by atoms with Gasteiger partial charge in [0.05, 0.1) is 6.61 Å². The van der Waals surface area contributed by atoms with Gasteiger partial charge in [0.2, 0.25) is 5.06 Å². The minimum absolute atomic E-state index is 0.0599. The molecule has 1 aromatic rings. The van der Waals surface area contributed by atoms with Crippen molar-refractivity contribution in [1.82, 2.24) is 0 Å². The van der Waals surface area contributed by atoms with E-state index < -0.39 is 0 Å². The molecule has 0 atom stereocenters. The first-order chi connectivity index (χ1) is 5.40. The molecule has 11 heavy (non-hydrogen) atoms. The molecule has 4 heteroatoms. The Morgan fingerprint density at radius 3 is 3.00 bits per heavy atom. The average molecular weight is 172 g/mol. The predicted octanol–water partition coefficient (Wildman–Crippen LogP) is 1.01. The highest BCUT2D eigenvalue weighted by Crippen LogP contribution is 2.38. The van der Waals surface area contributed by atoms with Crippen LogP contribution in [0.5, 0.6) is 10.8 Å². The maximum Gasteiger partial charge on any atom is 0.217 e. The second kappa shape index (κ2) is 2.71. The Balaban J connectivity index is 2.32. The Morgan fingerprint density at radius 1 is 1.45 bits per heavy atom. The zero-order chi connectivity index (χ0) is 7.68. The molecule has 0 spiro atoms. The summed E-state index contributed by atoms with van der Waals surface area (Å²) in [6, 6.07) is 1.82. The Bertz CT molecular complexity index is 233. The molecule has 60 valence electrons. The standard InChI is InChI=1S/C7H8O3S/c8-4-5-3-6-7(11-5)10-2-1-9-6/h3,8H,1-2,4H2. The largest absolute Gasteiger partial charge is 0.485 e. The molecule has 0 unspecified atom stereocenters. The van der Waals surface area contributed by atoms with Crippen molar-refractivity contribution in [2.24, 2.45) is 0 Å². The smallest absolute Gasteiger partial charge is 0.217 e. The second-order valence-electron chi connectivity index (χ2n) is 2.22. The van der Waals surface area contributed by atoms with E-state index in [4.69, 9.17) is 14.6 Å². The lowest BCUT2D eigenvalue weighted by Gasteiger charge is -2.13. The summed E-state index contributed by atoms with van der Waals surface area (Å²) in [5.74, 6) is 0.769. The molecule has 3 nitrogen and oxygen atoms in total. The number of hydrogen-bond acceptors (Lipinski definition) is 4. The van der Waals surface area contributed by atoms with Crippen LogP contribution in [0.4, 0.5) is 0 Å². The van der Waals surface area contributed by atoms with E-state index in [0.29, 0.717) is 13.2 Å². The fourth-order valence-electron chi connectivity index (χ4n) is 0.969. The first-order valence-corrected chi connectivity index (χ1v) is 4.21. The third-order valence-corrected chi connectivity index (χ3v) is 2.46. The predicted molar refractivity (Wildman–Crippen MR) is 41.2 cm³/mol. The van der Waals surface area contributed by atoms with Gasteiger partial charge in [-0.05, 0) is 0 Å². The summed E-state index contributed by atoms with van der Waals surface area (Å²) in [5.41, 5.74) is 0. The maximum absolute atomic E-state index is 8.79. The molecule has 0 fully saturated rings. The number of aliphatic hydroxyl groups is 1. The van der Waals surface area contributed by atoms with E-state index in [1.54, 1.807) is 0 Å². The summed E-state index contributed by atoms with van der Waals surface area (Å²) in [6.45, 7) is 1.28. The number of aliphatic hydroxyl groups excluding tert-OH is 1. The van der Waals surface area contributed by atoms with Gasteiger partial charge in [-0.25, -0.2) is 0 Å². The van der Waals surface area contributed by atoms with E-state index in [-0.39, 0.29) is 6.61 Å². The van der Waals surface area contributed by atoms with Crippen LogP contribution in [0.1, 0.15) is 4.88 Å². The first-order valence-electron chi connectivity index (χ1n) is 3.39. The molecule has 0 radical (unpaired) electrons. The first kappa shape index (κ1) is 6.94. The van der Waals surface area contributed by atoms with Crippen LogP contribution >= 0.6 is 11.3 Å². The third-order valence-electron chi connectivity index (χ3n) is 1.45. The van der Waals surface area contributed by atoms with Gasteiger partial charge < -0.3 is 14.6 Å². The average Bonchev–Trinajstić information content (AvgIpc) is 2.46. The van der Waals surface area contributed by atoms with Gasteiger partial charge in [-0.1, -0.05) is 11.3 Å². The van der Waals surface area contributed by atoms with E-state index in [0.717, 1.165) is 15.7 Å². The topological polar surface area (TPSA) is 38.7 Å². The van der Waals surface area contributed by atoms with Gasteiger partial charge in [-0.3, -0.25) is 0 Å². The summed E-state index contributed by atoms with van der Waals surface area (Å²) < 4.78 is 10.6. The van der Waals surface area contributed by atoms with Crippen LogP contribution in [-0.2, 0) is 6.61 Å². The van der Waals surface area contributed by atoms with Crippen molar-refractivity contribution in [2.75, 3.05) is 13.2 Å². The number of ether oxygens (including phenoxy) is 2. The maximum atomic E-state index is 8.79. The number of rotatable bonds is 1. The number of thiophene rings is 1. The Kier molecular flexibility index (Phi) is 1.71. The molecule has 0 saturated carbocycles. The lowest BCUT2D eigenvalue weighted by Crippen LogP contribution is -2.13. The van der Waals surface area contributed by atoms with Crippen molar-refractivity contribution in [1.29, 1.82) is 0 Å². The van der Waals surface area contributed by atoms with Crippen molar-refractivity contribution in [3.63, 3.8) is 0 Å². The monoisotopic (exact) mass is 172 g/mol. The van der Waals surface area contributed by atoms with Crippen LogP contribution in [0, 0.1) is 0 Å². The second-order valence-corrected chi connectivity index (χ2v) is 3.32. The molecule has 1 aliphatic heterocycles. The van der Waals surface area contributed by atoms with Gasteiger partial charge in [-0.15, -0.1) is 0 Å². The molecule has 2 heterocycles. The molecular weight excluding hydrogens is 164 g/mol. The van der Waals surface area contributed by atoms with E-state index in [2.05, 4.69) is 0 Å². The summed E-state index contributed by atoms with van der Waals surface area (Å²) >= 11 is 1.44. The number of fused-ring (bicyclic) bond motifs is 1. The van der Waals surface area contributed by atoms with E-state index >= 15 is 0 Å². The molecule has 0 aromatic carbocycles. The van der Waals surface area contributed by atoms with Crippen LogP contribution in [-0.4, -0.2) is 18.3 Å². The SMILES string of the molecule is OCc1cc2c(s1)OCCO2. The zero-order valence-corrected chi connectivity index (χ0v) is 6.69. The van der Waals surface area contributed by atoms with Gasteiger partial charge in [0.1, 0.15) is 13.2 Å². The van der Waals surface area contributed by atoms with E-state index in [1.807, 2.05) is 6.07 Å². The minimum Gasteiger partial charge on any atom is -0.485 e. The van der Waals surface area contributed by atoms with Crippen LogP contribution in [0.2, 0.25) is 0 Å². The van der Waals surface area contributed by atoms with Crippen LogP contribution in [0.3, 0.4) is 0 Å². The van der Waals surface area contributed by atoms with Gasteiger partial charge in [-0.2, -0.15) is 0 Å². The summed E-state index contributed by atoms with van der Waals surface area (Å²) in [6.07, 6.45) is 0. The Labute approximate surface area is 68.2 Å². The third kappa shape index (κ3) is 1.19. The quantitative estimate of drug-likeness (QED) is 0.687. The van der Waals surface area contributed by atoms with E-state index in [9.17, 15) is 0 Å². The fraction of sp³-hybridized carbons (Fsp3) is 0.429. The van der Waals surface area contributed by atoms with Crippen molar-refractivity contribution in [3.05, 3.63) is 10.9 Å². The normalized spacial score (nSPS) is 15.0. The van der Waals surface area contributed by atoms with Crippen molar-refractivity contribution < 1.29 is 14.6 Å². The zero-order valence-electron chi connectivity index (χ0n) is 5.87. The molecule has 0 saturated heterocycles. The lowest BCUT2D eigenvalue weighted by molar-refractivity contribution is 0.178. The molecule has 2 rings (SSSR count). The Morgan fingerprint density at radius 2 is 2.27 bits per heavy atom. The van der Waals surface area contributed by atoms with Gasteiger partial charge >= 0.3 is 0 Å². The fourth-order valence-corrected chi connectivity index (χ4v) is 1.80. The summed E-state index contributed by atoms with van der Waals surface area (Å²) in [5, 5.41) is 9.58. The highest BCUT2D eigenvalue weighted by Gasteiger charge is 2.14. The van der Waals surface area contributed by atoms with E-state index in [1.165, 1.54) is 11.3 Å². The molecular formula is C7H8O3S. The number of hydrogen-bond donors (Lipinski definition) is 1. The van der Waals surface area contributed by atoms with Crippen LogP contribution in [0.25, 0.3) is 0 Å². The molecule has 0 bridgehead atoms. The van der Waals surface area contributed by atoms with Crippen molar-refractivity contribution >= 4 is 11.3 Å². The summed E-state index contributed by atoms with van der Waals surface area (Å²) in [7, 11) is 0. The van der Waals surface area contributed by atoms with Gasteiger partial charge in [0.25, 0.3) is 0 Å². The highest BCUT2D eigenvalue weighted by atomic mass is 32.1. The molecule has 1 N–H and O–H groups in total. The Hall–Kier alpha value is -0.740. The van der Waals surface area contributed by atoms with Gasteiger partial charge in [0.15, 0.2) is 5.75 Å². The van der Waals surface area contributed by atoms with Crippen molar-refractivity contribution in [2.45, 2.75) is 6.61 Å². The van der Waals surface area contributed by atoms with Gasteiger partial charge in [0, 0.05) is 10.9 Å². The molecule has 0 amide bonds. The minimum atomic E-state index is 0.0599. The van der Waals surface area contributed by atoms with Crippen LogP contribution in [0.15, 0.2) is 6.07 Å². The molecule has 0 aliphatic carbocycles. The molecule has 1 aromatic heterocycles. The summed E-state index contributed by atoms with van der Waals surface area (Å²) in [4.78, 5) is 0.886. The highest BCUT2D eigenvalue weighted by molar-refractivity contribution is 7.14. The lowest BCUT2D eigenvalue weighted by atomic mass is 10.4. The van der Waals surface area contributed by atoms with Crippen LogP contribution < -0.4 is 9.47 Å². The van der Waals surface area contributed by atoms with Crippen molar-refractivity contribution in [3.8, 4) is 10.8 Å². The molecule has 1 aliphatic rings.